The van der Waals surface area contributed by atoms with Gasteiger partial charge < -0.3 is 9.80 Å². The zero-order valence-electron chi connectivity index (χ0n) is 22.7. The summed E-state index contributed by atoms with van der Waals surface area (Å²) in [4.78, 5) is 4.47. The molecule has 0 aliphatic carbocycles. The number of alkyl halides is 1. The van der Waals surface area contributed by atoms with Gasteiger partial charge >= 0.3 is 0 Å². The number of halogens is 3. The third kappa shape index (κ3) is 6.98. The molecule has 0 bridgehead atoms. The van der Waals surface area contributed by atoms with Gasteiger partial charge in [0.05, 0.1) is 0 Å². The fourth-order valence-corrected chi connectivity index (χ4v) is 5.86. The van der Waals surface area contributed by atoms with Crippen LogP contribution in [0.1, 0.15) is 76.3 Å². The van der Waals surface area contributed by atoms with E-state index in [1.165, 1.54) is 18.6 Å². The molecular weight excluding hydrogens is 469 g/mol. The summed E-state index contributed by atoms with van der Waals surface area (Å²) in [5.41, 5.74) is 2.21. The summed E-state index contributed by atoms with van der Waals surface area (Å²) in [5.74, 6) is -0.0900. The molecule has 0 radical (unpaired) electrons. The van der Waals surface area contributed by atoms with Crippen LogP contribution in [0.2, 0.25) is 0 Å². The molecule has 2 aliphatic heterocycles. The van der Waals surface area contributed by atoms with Crippen molar-refractivity contribution in [3.63, 3.8) is 0 Å². The first-order valence-electron chi connectivity index (χ1n) is 14.3. The minimum Gasteiger partial charge on any atom is -0.372 e. The number of hydrogen-bond acceptors (Lipinski definition) is 2. The van der Waals surface area contributed by atoms with E-state index in [1.54, 1.807) is 12.1 Å². The lowest BCUT2D eigenvalue weighted by molar-refractivity contribution is 0.0628. The first-order chi connectivity index (χ1) is 17.8. The van der Waals surface area contributed by atoms with Crippen molar-refractivity contribution in [3.8, 4) is 11.1 Å². The van der Waals surface area contributed by atoms with Crippen LogP contribution in [-0.2, 0) is 6.42 Å². The first-order valence-corrected chi connectivity index (χ1v) is 14.3. The lowest BCUT2D eigenvalue weighted by Gasteiger charge is -2.36. The molecular formula is C32H43F3N2. The molecule has 2 nitrogen and oxygen atoms in total. The minimum atomic E-state index is -1.08. The van der Waals surface area contributed by atoms with Gasteiger partial charge in [-0.05, 0) is 100 Å². The smallest absolute Gasteiger partial charge is 0.131 e. The van der Waals surface area contributed by atoms with Gasteiger partial charge in [-0.25, -0.2) is 13.2 Å². The number of rotatable bonds is 10. The monoisotopic (exact) mass is 512 g/mol. The van der Waals surface area contributed by atoms with E-state index in [-0.39, 0.29) is 11.6 Å². The zero-order chi connectivity index (χ0) is 26.4. The Morgan fingerprint density at radius 3 is 2.24 bits per heavy atom. The number of hydrogen-bond donors (Lipinski definition) is 0. The van der Waals surface area contributed by atoms with Gasteiger partial charge in [0, 0.05) is 36.5 Å². The predicted molar refractivity (Wildman–Crippen MR) is 148 cm³/mol. The molecule has 2 heterocycles. The molecule has 4 rings (SSSR count). The second-order valence-electron chi connectivity index (χ2n) is 11.1. The van der Waals surface area contributed by atoms with Crippen molar-refractivity contribution in [2.24, 2.45) is 5.92 Å². The van der Waals surface area contributed by atoms with Crippen LogP contribution in [0.15, 0.2) is 43.0 Å². The highest BCUT2D eigenvalue weighted by Crippen LogP contribution is 2.31. The Kier molecular flexibility index (Phi) is 9.39. The molecule has 5 heteroatoms. The van der Waals surface area contributed by atoms with Gasteiger partial charge in [-0.15, -0.1) is 0 Å². The van der Waals surface area contributed by atoms with Crippen molar-refractivity contribution in [2.45, 2.75) is 77.3 Å². The molecule has 37 heavy (non-hydrogen) atoms. The van der Waals surface area contributed by atoms with E-state index in [0.29, 0.717) is 48.4 Å². The second-order valence-corrected chi connectivity index (χ2v) is 11.1. The van der Waals surface area contributed by atoms with Gasteiger partial charge in [-0.3, -0.25) is 0 Å². The second kappa shape index (κ2) is 12.5. The zero-order valence-corrected chi connectivity index (χ0v) is 22.7. The number of piperidine rings is 2. The Bertz CT molecular complexity index is 1050. The molecule has 0 saturated carbocycles. The Morgan fingerprint density at radius 2 is 1.62 bits per heavy atom. The molecule has 2 fully saturated rings. The molecule has 2 saturated heterocycles. The molecule has 0 spiro atoms. The first kappa shape index (κ1) is 27.8. The van der Waals surface area contributed by atoms with Gasteiger partial charge in [-0.1, -0.05) is 44.7 Å². The fourth-order valence-electron chi connectivity index (χ4n) is 5.86. The summed E-state index contributed by atoms with van der Waals surface area (Å²) in [7, 11) is 0. The normalized spacial score (nSPS) is 17.8. The fraction of sp³-hybridized carbons (Fsp3) is 0.562. The molecule has 0 atom stereocenters. The standard InChI is InChI=1S/C32H43F3N2/c1-4-32(35,5-2)23-36-19-15-25(16-20-36)9-10-26-11-12-28(22-30(26)33)29-14-13-27(21-31(29)34)24(3)37-17-7-6-8-18-37/h11-14,21-22,25H,3-10,15-20,23H2,1-2H3. The third-order valence-electron chi connectivity index (χ3n) is 8.71. The molecule has 0 unspecified atom stereocenters. The van der Waals surface area contributed by atoms with E-state index in [4.69, 9.17) is 0 Å². The van der Waals surface area contributed by atoms with Gasteiger partial charge in [0.1, 0.15) is 17.3 Å². The van der Waals surface area contributed by atoms with Crippen LogP contribution < -0.4 is 0 Å². The summed E-state index contributed by atoms with van der Waals surface area (Å²) in [6.45, 7) is 12.3. The Labute approximate surface area is 221 Å². The number of benzene rings is 2. The van der Waals surface area contributed by atoms with Gasteiger partial charge in [0.15, 0.2) is 0 Å². The molecule has 0 amide bonds. The molecule has 2 aromatic carbocycles. The van der Waals surface area contributed by atoms with Crippen molar-refractivity contribution in [2.75, 3.05) is 32.7 Å². The summed E-state index contributed by atoms with van der Waals surface area (Å²) >= 11 is 0. The topological polar surface area (TPSA) is 6.48 Å². The summed E-state index contributed by atoms with van der Waals surface area (Å²) < 4.78 is 44.8. The molecule has 202 valence electrons. The van der Waals surface area contributed by atoms with Gasteiger partial charge in [0.2, 0.25) is 0 Å². The highest BCUT2D eigenvalue weighted by molar-refractivity contribution is 5.69. The highest BCUT2D eigenvalue weighted by Gasteiger charge is 2.30. The molecule has 2 aliphatic rings. The van der Waals surface area contributed by atoms with Crippen molar-refractivity contribution in [1.82, 2.24) is 9.80 Å². The predicted octanol–water partition coefficient (Wildman–Crippen LogP) is 8.26. The van der Waals surface area contributed by atoms with Crippen LogP contribution in [0, 0.1) is 17.6 Å². The maximum atomic E-state index is 15.1. The van der Waals surface area contributed by atoms with Crippen LogP contribution in [0.4, 0.5) is 13.2 Å². The van der Waals surface area contributed by atoms with E-state index in [0.717, 1.165) is 69.5 Å². The van der Waals surface area contributed by atoms with Crippen LogP contribution >= 0.6 is 0 Å². The summed E-state index contributed by atoms with van der Waals surface area (Å²) in [6.07, 6.45) is 8.29. The van der Waals surface area contributed by atoms with Gasteiger partial charge in [-0.2, -0.15) is 0 Å². The molecule has 0 N–H and O–H groups in total. The largest absolute Gasteiger partial charge is 0.372 e. The summed E-state index contributed by atoms with van der Waals surface area (Å²) in [5, 5.41) is 0. The molecule has 0 aromatic heterocycles. The number of aryl methyl sites for hydroxylation is 1. The maximum absolute atomic E-state index is 15.1. The number of likely N-dealkylation sites (tertiary alicyclic amines) is 2. The SMILES string of the molecule is C=C(c1ccc(-c2ccc(CCC3CCN(CC(F)(CC)CC)CC3)c(F)c2)c(F)c1)N1CCCCC1. The van der Waals surface area contributed by atoms with Crippen LogP contribution in [0.3, 0.4) is 0 Å². The summed E-state index contributed by atoms with van der Waals surface area (Å²) in [6, 6.07) is 10.3. The lowest BCUT2D eigenvalue weighted by atomic mass is 9.89. The minimum absolute atomic E-state index is 0.274. The van der Waals surface area contributed by atoms with Crippen molar-refractivity contribution < 1.29 is 13.2 Å². The third-order valence-corrected chi connectivity index (χ3v) is 8.71. The Balaban J connectivity index is 1.32. The Hall–Kier alpha value is -2.27. The Morgan fingerprint density at radius 1 is 0.919 bits per heavy atom. The van der Waals surface area contributed by atoms with Crippen molar-refractivity contribution in [3.05, 3.63) is 65.7 Å². The lowest BCUT2D eigenvalue weighted by Crippen LogP contribution is -2.43. The van der Waals surface area contributed by atoms with E-state index in [1.807, 2.05) is 26.0 Å². The van der Waals surface area contributed by atoms with E-state index >= 15 is 8.78 Å². The van der Waals surface area contributed by atoms with Crippen LogP contribution in [0.5, 0.6) is 0 Å². The van der Waals surface area contributed by atoms with Gasteiger partial charge in [0.25, 0.3) is 0 Å². The van der Waals surface area contributed by atoms with E-state index in [9.17, 15) is 4.39 Å². The van der Waals surface area contributed by atoms with E-state index < -0.39 is 5.67 Å². The average molecular weight is 513 g/mol. The maximum Gasteiger partial charge on any atom is 0.131 e. The van der Waals surface area contributed by atoms with E-state index in [2.05, 4.69) is 16.4 Å². The number of nitrogens with zero attached hydrogens (tertiary/aromatic N) is 2. The highest BCUT2D eigenvalue weighted by atomic mass is 19.1. The van der Waals surface area contributed by atoms with Crippen LogP contribution in [-0.4, -0.2) is 48.2 Å². The molecule has 2 aromatic rings. The van der Waals surface area contributed by atoms with Crippen molar-refractivity contribution in [1.29, 1.82) is 0 Å². The average Bonchev–Trinajstić information content (AvgIpc) is 2.93. The van der Waals surface area contributed by atoms with Crippen LogP contribution in [0.25, 0.3) is 16.8 Å². The van der Waals surface area contributed by atoms with Crippen molar-refractivity contribution >= 4 is 5.70 Å². The quantitative estimate of drug-likeness (QED) is 0.316.